The van der Waals surface area contributed by atoms with Crippen LogP contribution >= 0.6 is 11.6 Å². The van der Waals surface area contributed by atoms with E-state index in [1.807, 2.05) is 0 Å². The molecule has 0 aromatic heterocycles. The number of nitrogens with one attached hydrogen (secondary N) is 2. The van der Waals surface area contributed by atoms with Gasteiger partial charge in [0.25, 0.3) is 0 Å². The maximum absolute atomic E-state index is 14.0. The van der Waals surface area contributed by atoms with Crippen LogP contribution in [0, 0.1) is 5.82 Å². The summed E-state index contributed by atoms with van der Waals surface area (Å²) in [5.74, 6) is -1.44. The molecule has 10 heteroatoms. The molecule has 180 valence electrons. The van der Waals surface area contributed by atoms with Crippen molar-refractivity contribution in [2.24, 2.45) is 0 Å². The molecule has 0 spiro atoms. The number of phenolic OH excluding ortho intramolecular Hbond substituents is 1. The molecule has 4 rings (SSSR count). The number of para-hydroxylation sites is 1. The number of ether oxygens (including phenoxy) is 2. The molecule has 1 aliphatic heterocycles. The van der Waals surface area contributed by atoms with E-state index in [-0.39, 0.29) is 34.3 Å². The number of alkyl halides is 3. The van der Waals surface area contributed by atoms with Gasteiger partial charge in [-0.25, -0.2) is 15.2 Å². The molecule has 3 unspecified atom stereocenters. The zero-order valence-corrected chi connectivity index (χ0v) is 18.6. The monoisotopic (exact) mass is 496 g/mol. The van der Waals surface area contributed by atoms with E-state index < -0.39 is 30.0 Å². The largest absolute Gasteiger partial charge is 0.507 e. The predicted octanol–water partition coefficient (Wildman–Crippen LogP) is 5.64. The molecule has 5 nitrogen and oxygen atoms in total. The van der Waals surface area contributed by atoms with Gasteiger partial charge in [0.2, 0.25) is 0 Å². The molecule has 0 aliphatic carbocycles. The number of aromatic hydroxyl groups is 1. The van der Waals surface area contributed by atoms with Crippen LogP contribution < -0.4 is 20.3 Å². The quantitative estimate of drug-likeness (QED) is 0.386. The number of rotatable bonds is 6. The fourth-order valence-electron chi connectivity index (χ4n) is 4.11. The van der Waals surface area contributed by atoms with E-state index in [1.165, 1.54) is 43.5 Å². The van der Waals surface area contributed by atoms with Gasteiger partial charge in [-0.05, 0) is 24.3 Å². The Kier molecular flexibility index (Phi) is 6.88. The van der Waals surface area contributed by atoms with Crippen LogP contribution in [0.4, 0.5) is 17.6 Å². The third-order valence-electron chi connectivity index (χ3n) is 5.75. The highest BCUT2D eigenvalue weighted by Crippen LogP contribution is 2.47. The third-order valence-corrected chi connectivity index (χ3v) is 6.10. The van der Waals surface area contributed by atoms with E-state index in [0.29, 0.717) is 11.3 Å². The second-order valence-corrected chi connectivity index (χ2v) is 8.17. The minimum absolute atomic E-state index is 0.152. The van der Waals surface area contributed by atoms with E-state index >= 15 is 0 Å². The van der Waals surface area contributed by atoms with E-state index in [9.17, 15) is 22.7 Å². The van der Waals surface area contributed by atoms with Gasteiger partial charge in [0.15, 0.2) is 0 Å². The van der Waals surface area contributed by atoms with Crippen molar-refractivity contribution in [2.45, 2.75) is 30.8 Å². The summed E-state index contributed by atoms with van der Waals surface area (Å²) in [6.07, 6.45) is -4.56. The Morgan fingerprint density at radius 2 is 1.76 bits per heavy atom. The Morgan fingerprint density at radius 3 is 2.44 bits per heavy atom. The molecular formula is C24H21ClF4N2O3. The normalized spacial score (nSPS) is 20.4. The maximum atomic E-state index is 14.0. The fraction of sp³-hybridized carbons (Fsp3) is 0.250. The first-order valence-corrected chi connectivity index (χ1v) is 10.7. The van der Waals surface area contributed by atoms with Crippen LogP contribution in [0.2, 0.25) is 5.02 Å². The Morgan fingerprint density at radius 1 is 1.00 bits per heavy atom. The molecule has 1 fully saturated rings. The van der Waals surface area contributed by atoms with Crippen LogP contribution in [0.5, 0.6) is 17.2 Å². The van der Waals surface area contributed by atoms with Crippen LogP contribution in [0.1, 0.15) is 28.7 Å². The SMILES string of the molecule is COc1ccccc1C1C(c2ccc(OCc3c(F)cccc3Cl)cc2O)NNC1C(F)(F)F. The third kappa shape index (κ3) is 4.77. The van der Waals surface area contributed by atoms with Crippen LogP contribution in [0.15, 0.2) is 60.7 Å². The van der Waals surface area contributed by atoms with Crippen molar-refractivity contribution >= 4 is 11.6 Å². The molecule has 1 heterocycles. The number of hydrazine groups is 1. The van der Waals surface area contributed by atoms with Gasteiger partial charge >= 0.3 is 6.18 Å². The summed E-state index contributed by atoms with van der Waals surface area (Å²) in [5.41, 5.74) is 5.70. The lowest BCUT2D eigenvalue weighted by molar-refractivity contribution is -0.156. The average Bonchev–Trinajstić information content (AvgIpc) is 3.24. The molecule has 0 radical (unpaired) electrons. The number of hydrogen-bond donors (Lipinski definition) is 3. The molecule has 3 aromatic carbocycles. The van der Waals surface area contributed by atoms with Gasteiger partial charge in [-0.15, -0.1) is 0 Å². The second-order valence-electron chi connectivity index (χ2n) is 7.76. The first kappa shape index (κ1) is 24.1. The molecule has 0 bridgehead atoms. The van der Waals surface area contributed by atoms with Crippen molar-refractivity contribution in [3.63, 3.8) is 0 Å². The fourth-order valence-corrected chi connectivity index (χ4v) is 4.33. The van der Waals surface area contributed by atoms with Gasteiger partial charge in [0.1, 0.15) is 35.7 Å². The number of halogens is 5. The van der Waals surface area contributed by atoms with Gasteiger partial charge in [-0.2, -0.15) is 13.2 Å². The molecule has 0 saturated carbocycles. The smallest absolute Gasteiger partial charge is 0.405 e. The van der Waals surface area contributed by atoms with Crippen LogP contribution in [0.3, 0.4) is 0 Å². The van der Waals surface area contributed by atoms with E-state index in [0.717, 1.165) is 0 Å². The molecule has 1 saturated heterocycles. The summed E-state index contributed by atoms with van der Waals surface area (Å²) in [6.45, 7) is -0.187. The molecule has 34 heavy (non-hydrogen) atoms. The van der Waals surface area contributed by atoms with Crippen molar-refractivity contribution in [3.8, 4) is 17.2 Å². The zero-order chi connectivity index (χ0) is 24.5. The summed E-state index contributed by atoms with van der Waals surface area (Å²) in [7, 11) is 1.39. The van der Waals surface area contributed by atoms with Crippen molar-refractivity contribution in [2.75, 3.05) is 7.11 Å². The van der Waals surface area contributed by atoms with Crippen molar-refractivity contribution < 1.29 is 32.1 Å². The number of phenols is 1. The zero-order valence-electron chi connectivity index (χ0n) is 17.9. The molecule has 1 aliphatic rings. The standard InChI is InChI=1S/C24H21ClF4N2O3/c1-33-20-8-3-2-5-15(20)21-22(30-31-23(21)24(27,28)29)14-10-9-13(11-19(14)32)34-12-16-17(25)6-4-7-18(16)26/h2-11,21-23,30-32H,12H2,1H3. The first-order valence-electron chi connectivity index (χ1n) is 10.3. The summed E-state index contributed by atoms with van der Waals surface area (Å²) in [5, 5.41) is 10.9. The number of hydrogen-bond acceptors (Lipinski definition) is 5. The van der Waals surface area contributed by atoms with E-state index in [2.05, 4.69) is 10.9 Å². The number of methoxy groups -OCH3 is 1. The lowest BCUT2D eigenvalue weighted by Gasteiger charge is -2.27. The number of benzene rings is 3. The lowest BCUT2D eigenvalue weighted by atomic mass is 9.82. The van der Waals surface area contributed by atoms with Crippen molar-refractivity contribution in [3.05, 3.63) is 88.2 Å². The van der Waals surface area contributed by atoms with Gasteiger partial charge < -0.3 is 14.6 Å². The van der Waals surface area contributed by atoms with Crippen molar-refractivity contribution in [1.82, 2.24) is 10.9 Å². The van der Waals surface area contributed by atoms with Gasteiger partial charge in [-0.3, -0.25) is 0 Å². The summed E-state index contributed by atoms with van der Waals surface area (Å²) in [6, 6.07) is 12.1. The van der Waals surface area contributed by atoms with E-state index in [4.69, 9.17) is 21.1 Å². The Bertz CT molecular complexity index is 1150. The van der Waals surface area contributed by atoms with Gasteiger partial charge in [0, 0.05) is 28.7 Å². The minimum Gasteiger partial charge on any atom is -0.507 e. The minimum atomic E-state index is -4.56. The Labute approximate surface area is 198 Å². The summed E-state index contributed by atoms with van der Waals surface area (Å²) >= 11 is 6.00. The Balaban J connectivity index is 1.63. The van der Waals surface area contributed by atoms with Gasteiger partial charge in [0.05, 0.1) is 18.2 Å². The van der Waals surface area contributed by atoms with Crippen molar-refractivity contribution in [1.29, 1.82) is 0 Å². The summed E-state index contributed by atoms with van der Waals surface area (Å²) in [4.78, 5) is 0. The molecular weight excluding hydrogens is 476 g/mol. The highest BCUT2D eigenvalue weighted by atomic mass is 35.5. The van der Waals surface area contributed by atoms with Gasteiger partial charge in [-0.1, -0.05) is 41.9 Å². The molecule has 0 amide bonds. The molecule has 3 atom stereocenters. The van der Waals surface area contributed by atoms with Crippen LogP contribution in [-0.4, -0.2) is 24.4 Å². The summed E-state index contributed by atoms with van der Waals surface area (Å²) < 4.78 is 66.4. The highest BCUT2D eigenvalue weighted by Gasteiger charge is 2.53. The van der Waals surface area contributed by atoms with Crippen LogP contribution in [-0.2, 0) is 6.61 Å². The predicted molar refractivity (Wildman–Crippen MR) is 118 cm³/mol. The Hall–Kier alpha value is -3.01. The first-order chi connectivity index (χ1) is 16.2. The van der Waals surface area contributed by atoms with Crippen LogP contribution in [0.25, 0.3) is 0 Å². The maximum Gasteiger partial charge on any atom is 0.405 e. The molecule has 3 N–H and O–H groups in total. The second kappa shape index (κ2) is 9.69. The average molecular weight is 497 g/mol. The topological polar surface area (TPSA) is 62.8 Å². The molecule has 3 aromatic rings. The highest BCUT2D eigenvalue weighted by molar-refractivity contribution is 6.31. The van der Waals surface area contributed by atoms with E-state index in [1.54, 1.807) is 24.3 Å². The lowest BCUT2D eigenvalue weighted by Crippen LogP contribution is -2.43.